The van der Waals surface area contributed by atoms with Gasteiger partial charge in [-0.1, -0.05) is 20.8 Å². The van der Waals surface area contributed by atoms with E-state index in [2.05, 4.69) is 20.8 Å². The van der Waals surface area contributed by atoms with Gasteiger partial charge < -0.3 is 9.47 Å². The summed E-state index contributed by atoms with van der Waals surface area (Å²) in [4.78, 5) is 0. The molecule has 4 rings (SSSR count). The lowest BCUT2D eigenvalue weighted by Gasteiger charge is -2.38. The van der Waals surface area contributed by atoms with E-state index in [0.717, 1.165) is 11.8 Å². The molecule has 2 saturated carbocycles. The predicted molar refractivity (Wildman–Crippen MR) is 70.4 cm³/mol. The summed E-state index contributed by atoms with van der Waals surface area (Å²) in [6.45, 7) is 7.07. The van der Waals surface area contributed by atoms with E-state index >= 15 is 0 Å². The summed E-state index contributed by atoms with van der Waals surface area (Å²) >= 11 is 0. The summed E-state index contributed by atoms with van der Waals surface area (Å²) in [5, 5.41) is 0. The molecule has 2 saturated heterocycles. The molecular formula is C16H26O2. The third kappa shape index (κ3) is 1.61. The molecule has 102 valence electrons. The molecule has 2 aliphatic carbocycles. The zero-order valence-corrected chi connectivity index (χ0v) is 11.9. The van der Waals surface area contributed by atoms with Gasteiger partial charge in [0.15, 0.2) is 0 Å². The highest BCUT2D eigenvalue weighted by Gasteiger charge is 2.65. The average Bonchev–Trinajstić information content (AvgIpc) is 3.20. The number of ether oxygens (including phenoxy) is 2. The van der Waals surface area contributed by atoms with Crippen molar-refractivity contribution in [3.8, 4) is 0 Å². The Morgan fingerprint density at radius 1 is 0.944 bits per heavy atom. The summed E-state index contributed by atoms with van der Waals surface area (Å²) in [6.07, 6.45) is 9.90. The molecule has 0 N–H and O–H groups in total. The monoisotopic (exact) mass is 250 g/mol. The van der Waals surface area contributed by atoms with Crippen LogP contribution in [0.1, 0.15) is 59.3 Å². The molecule has 0 bridgehead atoms. The molecule has 2 heterocycles. The zero-order valence-electron chi connectivity index (χ0n) is 11.9. The van der Waals surface area contributed by atoms with Gasteiger partial charge >= 0.3 is 0 Å². The van der Waals surface area contributed by atoms with Gasteiger partial charge in [-0.25, -0.2) is 0 Å². The van der Waals surface area contributed by atoms with Crippen molar-refractivity contribution in [2.75, 3.05) is 0 Å². The fraction of sp³-hybridized carbons (Fsp3) is 1.00. The molecular weight excluding hydrogens is 224 g/mol. The van der Waals surface area contributed by atoms with Crippen LogP contribution < -0.4 is 0 Å². The van der Waals surface area contributed by atoms with E-state index in [4.69, 9.17) is 9.47 Å². The van der Waals surface area contributed by atoms with Gasteiger partial charge in [-0.05, 0) is 55.8 Å². The van der Waals surface area contributed by atoms with Gasteiger partial charge in [-0.15, -0.1) is 0 Å². The van der Waals surface area contributed by atoms with Crippen LogP contribution in [0.15, 0.2) is 0 Å². The fourth-order valence-corrected chi connectivity index (χ4v) is 4.78. The molecule has 2 nitrogen and oxygen atoms in total. The third-order valence-electron chi connectivity index (χ3n) is 6.16. The van der Waals surface area contributed by atoms with Gasteiger partial charge in [0.2, 0.25) is 0 Å². The molecule has 4 aliphatic rings. The van der Waals surface area contributed by atoms with Crippen molar-refractivity contribution in [1.82, 2.24) is 0 Å². The first-order valence-electron chi connectivity index (χ1n) is 7.83. The fourth-order valence-electron chi connectivity index (χ4n) is 4.78. The molecule has 2 aliphatic heterocycles. The van der Waals surface area contributed by atoms with Crippen LogP contribution >= 0.6 is 0 Å². The van der Waals surface area contributed by atoms with Crippen LogP contribution in [0.2, 0.25) is 0 Å². The van der Waals surface area contributed by atoms with Crippen molar-refractivity contribution < 1.29 is 9.47 Å². The minimum absolute atomic E-state index is 0.219. The Labute approximate surface area is 110 Å². The third-order valence-corrected chi connectivity index (χ3v) is 6.16. The molecule has 0 amide bonds. The predicted octanol–water partition coefficient (Wildman–Crippen LogP) is 3.54. The molecule has 0 aromatic carbocycles. The number of rotatable bonds is 1. The van der Waals surface area contributed by atoms with E-state index in [1.54, 1.807) is 0 Å². The summed E-state index contributed by atoms with van der Waals surface area (Å²) in [6, 6.07) is 0. The standard InChI is InChI=1S/C16H26O2/c1-15(2,3)16-9-11(5-7-14(16)18-16)10-4-6-12-13(8-10)17-12/h10-14H,4-9H2,1-3H3. The van der Waals surface area contributed by atoms with Crippen LogP contribution in [-0.4, -0.2) is 23.9 Å². The van der Waals surface area contributed by atoms with Crippen molar-refractivity contribution in [3.05, 3.63) is 0 Å². The maximum Gasteiger partial charge on any atom is 0.0998 e. The van der Waals surface area contributed by atoms with Crippen molar-refractivity contribution in [2.45, 2.75) is 83.2 Å². The van der Waals surface area contributed by atoms with E-state index < -0.39 is 0 Å². The zero-order chi connectivity index (χ0) is 12.5. The summed E-state index contributed by atoms with van der Waals surface area (Å²) < 4.78 is 11.9. The van der Waals surface area contributed by atoms with E-state index in [9.17, 15) is 0 Å². The molecule has 0 spiro atoms. The Bertz CT molecular complexity index is 359. The summed E-state index contributed by atoms with van der Waals surface area (Å²) in [5.74, 6) is 1.81. The van der Waals surface area contributed by atoms with Gasteiger partial charge in [0, 0.05) is 0 Å². The highest BCUT2D eigenvalue weighted by atomic mass is 16.6. The van der Waals surface area contributed by atoms with Crippen LogP contribution in [-0.2, 0) is 9.47 Å². The minimum Gasteiger partial charge on any atom is -0.370 e. The number of hydrogen-bond donors (Lipinski definition) is 0. The molecule has 6 atom stereocenters. The van der Waals surface area contributed by atoms with Crippen molar-refractivity contribution in [3.63, 3.8) is 0 Å². The molecule has 18 heavy (non-hydrogen) atoms. The lowest BCUT2D eigenvalue weighted by Crippen LogP contribution is -2.40. The van der Waals surface area contributed by atoms with E-state index in [1.807, 2.05) is 0 Å². The number of epoxide rings is 2. The first-order chi connectivity index (χ1) is 8.49. The van der Waals surface area contributed by atoms with Gasteiger partial charge in [-0.3, -0.25) is 0 Å². The minimum atomic E-state index is 0.219. The van der Waals surface area contributed by atoms with Crippen LogP contribution in [0.3, 0.4) is 0 Å². The average molecular weight is 250 g/mol. The van der Waals surface area contributed by atoms with Gasteiger partial charge in [0.05, 0.1) is 23.9 Å². The van der Waals surface area contributed by atoms with Crippen molar-refractivity contribution in [2.24, 2.45) is 17.3 Å². The highest BCUT2D eigenvalue weighted by molar-refractivity contribution is 5.14. The number of hydrogen-bond acceptors (Lipinski definition) is 2. The molecule has 4 fully saturated rings. The summed E-state index contributed by atoms with van der Waals surface area (Å²) in [7, 11) is 0. The smallest absolute Gasteiger partial charge is 0.0998 e. The topological polar surface area (TPSA) is 25.1 Å². The Morgan fingerprint density at radius 2 is 1.72 bits per heavy atom. The molecule has 0 aromatic rings. The molecule has 0 aromatic heterocycles. The van der Waals surface area contributed by atoms with Crippen molar-refractivity contribution in [1.29, 1.82) is 0 Å². The van der Waals surface area contributed by atoms with Gasteiger partial charge in [-0.2, -0.15) is 0 Å². The lowest BCUT2D eigenvalue weighted by molar-refractivity contribution is 0.0959. The SMILES string of the molecule is CC(C)(C)C12CC(C3CCC4OC4C3)CCC1O2. The normalized spacial score (nSPS) is 54.5. The Hall–Kier alpha value is -0.0800. The largest absolute Gasteiger partial charge is 0.370 e. The van der Waals surface area contributed by atoms with Crippen LogP contribution in [0.25, 0.3) is 0 Å². The summed E-state index contributed by atoms with van der Waals surface area (Å²) in [5.41, 5.74) is 0.529. The van der Waals surface area contributed by atoms with Crippen molar-refractivity contribution >= 4 is 0 Å². The van der Waals surface area contributed by atoms with E-state index in [0.29, 0.717) is 23.7 Å². The Morgan fingerprint density at radius 3 is 2.44 bits per heavy atom. The highest BCUT2D eigenvalue weighted by Crippen LogP contribution is 2.61. The van der Waals surface area contributed by atoms with Crippen LogP contribution in [0, 0.1) is 17.3 Å². The second-order valence-corrected chi connectivity index (χ2v) is 8.07. The van der Waals surface area contributed by atoms with Crippen LogP contribution in [0.4, 0.5) is 0 Å². The first-order valence-corrected chi connectivity index (χ1v) is 7.83. The maximum atomic E-state index is 6.16. The Balaban J connectivity index is 1.47. The van der Waals surface area contributed by atoms with E-state index in [-0.39, 0.29) is 5.60 Å². The molecule has 2 heteroatoms. The quantitative estimate of drug-likeness (QED) is 0.665. The Kier molecular flexibility index (Phi) is 2.29. The second kappa shape index (κ2) is 3.52. The second-order valence-electron chi connectivity index (χ2n) is 8.07. The lowest BCUT2D eigenvalue weighted by atomic mass is 9.64. The maximum absolute atomic E-state index is 6.16. The number of fused-ring (bicyclic) bond motifs is 2. The molecule has 6 unspecified atom stereocenters. The van der Waals surface area contributed by atoms with Gasteiger partial charge in [0.25, 0.3) is 0 Å². The molecule has 0 radical (unpaired) electrons. The van der Waals surface area contributed by atoms with Gasteiger partial charge in [0.1, 0.15) is 0 Å². The van der Waals surface area contributed by atoms with Crippen LogP contribution in [0.5, 0.6) is 0 Å². The first kappa shape index (κ1) is 11.7. The van der Waals surface area contributed by atoms with E-state index in [1.165, 1.54) is 38.5 Å².